The summed E-state index contributed by atoms with van der Waals surface area (Å²) < 4.78 is 0. The zero-order valence-corrected chi connectivity index (χ0v) is 47.9. The SMILES string of the molecule is C/C=C/N(/C=C/C)/C=C/C.CCCCCCCCCCCCCCCCCC(=O)O.CCCCCCCCCCCCCCCCCC(=O)O.CCCCCCCCCCCCCCCCCC(=O)O. The summed E-state index contributed by atoms with van der Waals surface area (Å²) in [6, 6.07) is 0. The van der Waals surface area contributed by atoms with Gasteiger partial charge in [-0.15, -0.1) is 0 Å². The van der Waals surface area contributed by atoms with Crippen molar-refractivity contribution in [1.82, 2.24) is 4.90 Å². The summed E-state index contributed by atoms with van der Waals surface area (Å²) in [6.07, 6.45) is 72.6. The van der Waals surface area contributed by atoms with Crippen LogP contribution in [0.5, 0.6) is 0 Å². The molecule has 0 aliphatic rings. The summed E-state index contributed by atoms with van der Waals surface area (Å²) in [6.45, 7) is 12.8. The van der Waals surface area contributed by atoms with E-state index >= 15 is 0 Å². The first-order valence-electron chi connectivity index (χ1n) is 30.5. The summed E-state index contributed by atoms with van der Waals surface area (Å²) in [5, 5.41) is 25.6. The molecule has 416 valence electrons. The minimum absolute atomic E-state index is 0.345. The predicted octanol–water partition coefficient (Wildman–Crippen LogP) is 21.9. The van der Waals surface area contributed by atoms with Gasteiger partial charge in [0, 0.05) is 37.9 Å². The number of carboxylic acid groups (broad SMARTS) is 3. The van der Waals surface area contributed by atoms with Gasteiger partial charge in [0.1, 0.15) is 0 Å². The Morgan fingerprint density at radius 3 is 0.500 bits per heavy atom. The molecule has 3 N–H and O–H groups in total. The van der Waals surface area contributed by atoms with Crippen molar-refractivity contribution < 1.29 is 29.7 Å². The molecule has 0 fully saturated rings. The van der Waals surface area contributed by atoms with Crippen molar-refractivity contribution in [2.75, 3.05) is 0 Å². The number of nitrogens with zero attached hydrogens (tertiary/aromatic N) is 1. The Morgan fingerprint density at radius 2 is 0.386 bits per heavy atom. The van der Waals surface area contributed by atoms with Gasteiger partial charge in [-0.2, -0.15) is 0 Å². The number of unbranched alkanes of at least 4 members (excludes halogenated alkanes) is 42. The highest BCUT2D eigenvalue weighted by atomic mass is 16.4. The molecule has 70 heavy (non-hydrogen) atoms. The Kier molecular flexibility index (Phi) is 74.7. The van der Waals surface area contributed by atoms with Crippen molar-refractivity contribution in [2.45, 2.75) is 350 Å². The smallest absolute Gasteiger partial charge is 0.303 e. The van der Waals surface area contributed by atoms with Gasteiger partial charge in [-0.1, -0.05) is 309 Å². The van der Waals surface area contributed by atoms with Crippen LogP contribution in [0.3, 0.4) is 0 Å². The number of hydrogen-bond acceptors (Lipinski definition) is 4. The molecule has 0 amide bonds. The first-order valence-corrected chi connectivity index (χ1v) is 30.5. The lowest BCUT2D eigenvalue weighted by molar-refractivity contribution is -0.138. The molecule has 0 saturated heterocycles. The van der Waals surface area contributed by atoms with Crippen LogP contribution >= 0.6 is 0 Å². The molecule has 7 heteroatoms. The molecule has 7 nitrogen and oxygen atoms in total. The molecule has 0 radical (unpaired) electrons. The Balaban J connectivity index is -0.000000426. The van der Waals surface area contributed by atoms with Crippen molar-refractivity contribution >= 4 is 17.9 Å². The van der Waals surface area contributed by atoms with Crippen LogP contribution in [0.15, 0.2) is 36.8 Å². The third-order valence-electron chi connectivity index (χ3n) is 12.9. The van der Waals surface area contributed by atoms with Crippen molar-refractivity contribution in [1.29, 1.82) is 0 Å². The minimum atomic E-state index is -0.653. The van der Waals surface area contributed by atoms with Gasteiger partial charge in [-0.25, -0.2) is 0 Å². The Labute approximate surface area is 437 Å². The van der Waals surface area contributed by atoms with Crippen LogP contribution in [-0.4, -0.2) is 38.1 Å². The van der Waals surface area contributed by atoms with Gasteiger partial charge in [0.15, 0.2) is 0 Å². The Bertz CT molecular complexity index is 954. The van der Waals surface area contributed by atoms with E-state index in [1.54, 1.807) is 0 Å². The van der Waals surface area contributed by atoms with Crippen LogP contribution in [-0.2, 0) is 14.4 Å². The normalized spacial score (nSPS) is 11.1. The molecule has 0 heterocycles. The lowest BCUT2D eigenvalue weighted by Gasteiger charge is -2.06. The van der Waals surface area contributed by atoms with Crippen LogP contribution in [0.2, 0.25) is 0 Å². The summed E-state index contributed by atoms with van der Waals surface area (Å²) in [4.78, 5) is 33.0. The zero-order valence-electron chi connectivity index (χ0n) is 47.9. The largest absolute Gasteiger partial charge is 0.481 e. The van der Waals surface area contributed by atoms with Crippen molar-refractivity contribution in [3.05, 3.63) is 36.8 Å². The lowest BCUT2D eigenvalue weighted by Crippen LogP contribution is -1.97. The average Bonchev–Trinajstić information content (AvgIpc) is 3.33. The van der Waals surface area contributed by atoms with Gasteiger partial charge in [-0.3, -0.25) is 14.4 Å². The molecule has 0 aromatic carbocycles. The van der Waals surface area contributed by atoms with Gasteiger partial charge in [-0.05, 0) is 40.0 Å². The highest BCUT2D eigenvalue weighted by molar-refractivity contribution is 5.67. The van der Waals surface area contributed by atoms with Crippen LogP contribution in [0.1, 0.15) is 350 Å². The van der Waals surface area contributed by atoms with Gasteiger partial charge < -0.3 is 20.2 Å². The van der Waals surface area contributed by atoms with Crippen LogP contribution in [0.25, 0.3) is 0 Å². The lowest BCUT2D eigenvalue weighted by atomic mass is 10.0. The fourth-order valence-electron chi connectivity index (χ4n) is 8.61. The maximum Gasteiger partial charge on any atom is 0.303 e. The monoisotopic (exact) mass is 990 g/mol. The fraction of sp³-hybridized carbons (Fsp3) is 0.857. The second-order valence-electron chi connectivity index (χ2n) is 20.2. The third kappa shape index (κ3) is 82.4. The molecule has 0 bridgehead atoms. The summed E-state index contributed by atoms with van der Waals surface area (Å²) in [7, 11) is 0. The van der Waals surface area contributed by atoms with E-state index in [1.807, 2.05) is 62.5 Å². The molecule has 0 unspecified atom stereocenters. The van der Waals surface area contributed by atoms with E-state index in [0.717, 1.165) is 38.5 Å². The summed E-state index contributed by atoms with van der Waals surface area (Å²) >= 11 is 0. The second kappa shape index (κ2) is 70.7. The molecule has 0 saturated carbocycles. The maximum atomic E-state index is 10.3. The number of hydrogen-bond donors (Lipinski definition) is 3. The van der Waals surface area contributed by atoms with E-state index in [4.69, 9.17) is 15.3 Å². The van der Waals surface area contributed by atoms with Crippen LogP contribution < -0.4 is 0 Å². The van der Waals surface area contributed by atoms with E-state index in [-0.39, 0.29) is 0 Å². The highest BCUT2D eigenvalue weighted by Gasteiger charge is 2.00. The van der Waals surface area contributed by atoms with Crippen LogP contribution in [0.4, 0.5) is 0 Å². The van der Waals surface area contributed by atoms with Gasteiger partial charge in [0.25, 0.3) is 0 Å². The molecule has 0 aromatic rings. The van der Waals surface area contributed by atoms with Crippen molar-refractivity contribution in [3.8, 4) is 0 Å². The highest BCUT2D eigenvalue weighted by Crippen LogP contribution is 2.17. The zero-order chi connectivity index (χ0) is 52.5. The molecule has 0 spiro atoms. The average molecular weight is 991 g/mol. The van der Waals surface area contributed by atoms with Crippen molar-refractivity contribution in [3.63, 3.8) is 0 Å². The van der Waals surface area contributed by atoms with E-state index < -0.39 is 17.9 Å². The number of rotatable bonds is 51. The minimum Gasteiger partial charge on any atom is -0.481 e. The molecule has 0 aliphatic heterocycles. The summed E-state index contributed by atoms with van der Waals surface area (Å²) in [5.74, 6) is -1.96. The second-order valence-corrected chi connectivity index (χ2v) is 20.2. The van der Waals surface area contributed by atoms with E-state index in [9.17, 15) is 14.4 Å². The Hall–Kier alpha value is -2.57. The van der Waals surface area contributed by atoms with Crippen LogP contribution in [0, 0.1) is 0 Å². The third-order valence-corrected chi connectivity index (χ3v) is 12.9. The first kappa shape index (κ1) is 74.0. The quantitative estimate of drug-likeness (QED) is 0.0520. The number of carbonyl (C=O) groups is 3. The number of aliphatic carboxylic acids is 3. The fourth-order valence-corrected chi connectivity index (χ4v) is 8.61. The molecule has 0 rings (SSSR count). The standard InChI is InChI=1S/3C18H36O2.C9H15N/c3*1-2-3-4-5-6-7-8-9-10-11-12-13-14-15-16-17-18(19)20;1-4-7-10(8-5-2)9-6-3/h3*2-17H2,1H3,(H,19,20);4-9H,1-3H3/b;;;7-4+,8-5+,9-6+. The van der Waals surface area contributed by atoms with E-state index in [0.29, 0.717) is 19.3 Å². The molecular formula is C63H123NO6. The molecule has 0 aromatic heterocycles. The Morgan fingerprint density at radius 1 is 0.257 bits per heavy atom. The number of carboxylic acids is 3. The first-order chi connectivity index (χ1) is 34.2. The van der Waals surface area contributed by atoms with Gasteiger partial charge in [0.05, 0.1) is 0 Å². The van der Waals surface area contributed by atoms with Gasteiger partial charge in [0.2, 0.25) is 0 Å². The number of allylic oxidation sites excluding steroid dienone is 3. The van der Waals surface area contributed by atoms with Gasteiger partial charge >= 0.3 is 17.9 Å². The summed E-state index contributed by atoms with van der Waals surface area (Å²) in [5.41, 5.74) is 0. The predicted molar refractivity (Wildman–Crippen MR) is 308 cm³/mol. The topological polar surface area (TPSA) is 115 Å². The molecule has 0 atom stereocenters. The van der Waals surface area contributed by atoms with E-state index in [2.05, 4.69) is 20.8 Å². The molecular weight excluding hydrogens is 867 g/mol. The molecule has 0 aliphatic carbocycles. The van der Waals surface area contributed by atoms with E-state index in [1.165, 1.54) is 250 Å². The van der Waals surface area contributed by atoms with Crippen molar-refractivity contribution in [2.24, 2.45) is 0 Å². The maximum absolute atomic E-state index is 10.3.